The van der Waals surface area contributed by atoms with Crippen molar-refractivity contribution in [3.63, 3.8) is 0 Å². The van der Waals surface area contributed by atoms with E-state index in [0.29, 0.717) is 6.04 Å². The summed E-state index contributed by atoms with van der Waals surface area (Å²) < 4.78 is 10.8. The Morgan fingerprint density at radius 2 is 2.05 bits per heavy atom. The van der Waals surface area contributed by atoms with Crippen molar-refractivity contribution in [2.75, 3.05) is 20.8 Å². The van der Waals surface area contributed by atoms with Gasteiger partial charge in [0, 0.05) is 23.7 Å². The van der Waals surface area contributed by atoms with E-state index < -0.39 is 0 Å². The number of piperidine rings is 1. The van der Waals surface area contributed by atoms with Crippen LogP contribution < -0.4 is 20.5 Å². The number of benzene rings is 1. The zero-order valence-corrected chi connectivity index (χ0v) is 12.0. The van der Waals surface area contributed by atoms with Crippen LogP contribution in [0, 0.1) is 6.92 Å². The standard InChI is InChI=1S/C15H24N2O2/c1-10-8-11(18-2)9-13(19-3)14(10)15(16)12-6-4-5-7-17-12/h8-9,12,15,17H,4-7,16H2,1-3H3. The van der Waals surface area contributed by atoms with E-state index >= 15 is 0 Å². The number of methoxy groups -OCH3 is 2. The highest BCUT2D eigenvalue weighted by Gasteiger charge is 2.25. The van der Waals surface area contributed by atoms with Gasteiger partial charge in [-0.05, 0) is 37.9 Å². The Bertz CT molecular complexity index is 428. The van der Waals surface area contributed by atoms with Crippen molar-refractivity contribution in [2.24, 2.45) is 5.73 Å². The second kappa shape index (κ2) is 6.26. The fourth-order valence-corrected chi connectivity index (χ4v) is 2.83. The van der Waals surface area contributed by atoms with Crippen LogP contribution in [-0.2, 0) is 0 Å². The number of nitrogens with two attached hydrogens (primary N) is 1. The molecule has 2 rings (SSSR count). The Hall–Kier alpha value is -1.26. The van der Waals surface area contributed by atoms with E-state index in [0.717, 1.165) is 35.6 Å². The first-order valence-corrected chi connectivity index (χ1v) is 6.89. The maximum absolute atomic E-state index is 6.46. The zero-order valence-electron chi connectivity index (χ0n) is 12.0. The van der Waals surface area contributed by atoms with Crippen LogP contribution in [0.15, 0.2) is 12.1 Å². The predicted octanol–water partition coefficient (Wildman–Crippen LogP) is 2.15. The van der Waals surface area contributed by atoms with E-state index in [1.54, 1.807) is 14.2 Å². The number of hydrogen-bond acceptors (Lipinski definition) is 4. The monoisotopic (exact) mass is 264 g/mol. The number of rotatable bonds is 4. The number of aryl methyl sites for hydroxylation is 1. The predicted molar refractivity (Wildman–Crippen MR) is 76.9 cm³/mol. The third-order valence-electron chi connectivity index (χ3n) is 3.89. The quantitative estimate of drug-likeness (QED) is 0.875. The maximum atomic E-state index is 6.46. The molecule has 1 aromatic rings. The largest absolute Gasteiger partial charge is 0.497 e. The Labute approximate surface area is 115 Å². The van der Waals surface area contributed by atoms with E-state index in [4.69, 9.17) is 15.2 Å². The van der Waals surface area contributed by atoms with Gasteiger partial charge in [-0.1, -0.05) is 6.42 Å². The summed E-state index contributed by atoms with van der Waals surface area (Å²) in [5.74, 6) is 1.62. The molecule has 1 fully saturated rings. The maximum Gasteiger partial charge on any atom is 0.127 e. The average molecular weight is 264 g/mol. The SMILES string of the molecule is COc1cc(C)c(C(N)C2CCCCN2)c(OC)c1. The van der Waals surface area contributed by atoms with Gasteiger partial charge in [-0.3, -0.25) is 0 Å². The highest BCUT2D eigenvalue weighted by molar-refractivity contribution is 5.48. The molecule has 0 aromatic heterocycles. The van der Waals surface area contributed by atoms with Crippen LogP contribution >= 0.6 is 0 Å². The average Bonchev–Trinajstić information content (AvgIpc) is 2.46. The molecule has 2 atom stereocenters. The molecule has 19 heavy (non-hydrogen) atoms. The van der Waals surface area contributed by atoms with Crippen molar-refractivity contribution >= 4 is 0 Å². The second-order valence-electron chi connectivity index (χ2n) is 5.14. The Kier molecular flexibility index (Phi) is 4.66. The molecule has 3 N–H and O–H groups in total. The molecule has 1 aliphatic rings. The highest BCUT2D eigenvalue weighted by Crippen LogP contribution is 2.34. The van der Waals surface area contributed by atoms with Crippen molar-refractivity contribution in [3.05, 3.63) is 23.3 Å². The van der Waals surface area contributed by atoms with E-state index in [-0.39, 0.29) is 6.04 Å². The molecule has 1 heterocycles. The van der Waals surface area contributed by atoms with Gasteiger partial charge in [0.05, 0.1) is 14.2 Å². The summed E-state index contributed by atoms with van der Waals surface area (Å²) in [5, 5.41) is 3.51. The molecule has 0 spiro atoms. The van der Waals surface area contributed by atoms with E-state index in [9.17, 15) is 0 Å². The third-order valence-corrected chi connectivity index (χ3v) is 3.89. The molecule has 1 saturated heterocycles. The van der Waals surface area contributed by atoms with Gasteiger partial charge in [-0.2, -0.15) is 0 Å². The summed E-state index contributed by atoms with van der Waals surface area (Å²) in [7, 11) is 3.34. The lowest BCUT2D eigenvalue weighted by Gasteiger charge is -2.31. The molecule has 2 unspecified atom stereocenters. The smallest absolute Gasteiger partial charge is 0.127 e. The molecule has 0 aliphatic carbocycles. The molecule has 0 amide bonds. The van der Waals surface area contributed by atoms with Crippen LogP contribution in [0.25, 0.3) is 0 Å². The van der Waals surface area contributed by atoms with Gasteiger partial charge < -0.3 is 20.5 Å². The Balaban J connectivity index is 2.31. The number of hydrogen-bond donors (Lipinski definition) is 2. The van der Waals surface area contributed by atoms with Gasteiger partial charge in [0.1, 0.15) is 11.5 Å². The summed E-state index contributed by atoms with van der Waals surface area (Å²) >= 11 is 0. The van der Waals surface area contributed by atoms with E-state index in [1.165, 1.54) is 12.8 Å². The molecule has 1 aliphatic heterocycles. The first kappa shape index (κ1) is 14.2. The fourth-order valence-electron chi connectivity index (χ4n) is 2.83. The highest BCUT2D eigenvalue weighted by atomic mass is 16.5. The summed E-state index contributed by atoms with van der Waals surface area (Å²) in [4.78, 5) is 0. The van der Waals surface area contributed by atoms with E-state index in [1.807, 2.05) is 12.1 Å². The minimum atomic E-state index is -0.0406. The van der Waals surface area contributed by atoms with Crippen molar-refractivity contribution < 1.29 is 9.47 Å². The molecular weight excluding hydrogens is 240 g/mol. The van der Waals surface area contributed by atoms with Crippen LogP contribution in [0.4, 0.5) is 0 Å². The van der Waals surface area contributed by atoms with Crippen molar-refractivity contribution in [3.8, 4) is 11.5 Å². The lowest BCUT2D eigenvalue weighted by atomic mass is 9.90. The Morgan fingerprint density at radius 1 is 1.26 bits per heavy atom. The van der Waals surface area contributed by atoms with E-state index in [2.05, 4.69) is 12.2 Å². The summed E-state index contributed by atoms with van der Waals surface area (Å²) in [6.07, 6.45) is 3.60. The lowest BCUT2D eigenvalue weighted by molar-refractivity contribution is 0.339. The molecule has 0 radical (unpaired) electrons. The van der Waals surface area contributed by atoms with Gasteiger partial charge in [-0.15, -0.1) is 0 Å². The normalized spacial score (nSPS) is 20.9. The molecule has 4 heteroatoms. The van der Waals surface area contributed by atoms with Gasteiger partial charge in [0.2, 0.25) is 0 Å². The topological polar surface area (TPSA) is 56.5 Å². The van der Waals surface area contributed by atoms with Crippen molar-refractivity contribution in [1.29, 1.82) is 0 Å². The van der Waals surface area contributed by atoms with Crippen molar-refractivity contribution in [1.82, 2.24) is 5.32 Å². The molecular formula is C15H24N2O2. The van der Waals surface area contributed by atoms with Crippen LogP contribution in [-0.4, -0.2) is 26.8 Å². The fraction of sp³-hybridized carbons (Fsp3) is 0.600. The molecule has 106 valence electrons. The van der Waals surface area contributed by atoms with Crippen LogP contribution in [0.2, 0.25) is 0 Å². The summed E-state index contributed by atoms with van der Waals surface area (Å²) in [6.45, 7) is 3.11. The summed E-state index contributed by atoms with van der Waals surface area (Å²) in [6, 6.07) is 4.21. The van der Waals surface area contributed by atoms with Crippen LogP contribution in [0.5, 0.6) is 11.5 Å². The number of ether oxygens (including phenoxy) is 2. The molecule has 4 nitrogen and oxygen atoms in total. The van der Waals surface area contributed by atoms with Crippen LogP contribution in [0.3, 0.4) is 0 Å². The van der Waals surface area contributed by atoms with Crippen molar-refractivity contribution in [2.45, 2.75) is 38.3 Å². The molecule has 1 aromatic carbocycles. The lowest BCUT2D eigenvalue weighted by Crippen LogP contribution is -2.42. The zero-order chi connectivity index (χ0) is 13.8. The first-order chi connectivity index (χ1) is 9.17. The van der Waals surface area contributed by atoms with Gasteiger partial charge in [0.25, 0.3) is 0 Å². The number of nitrogens with one attached hydrogen (secondary N) is 1. The third kappa shape index (κ3) is 3.01. The second-order valence-corrected chi connectivity index (χ2v) is 5.14. The summed E-state index contributed by atoms with van der Waals surface area (Å²) in [5.41, 5.74) is 8.66. The van der Waals surface area contributed by atoms with Gasteiger partial charge in [-0.25, -0.2) is 0 Å². The van der Waals surface area contributed by atoms with Gasteiger partial charge in [0.15, 0.2) is 0 Å². The molecule has 0 saturated carbocycles. The Morgan fingerprint density at radius 3 is 2.63 bits per heavy atom. The first-order valence-electron chi connectivity index (χ1n) is 6.89. The minimum Gasteiger partial charge on any atom is -0.497 e. The van der Waals surface area contributed by atoms with Gasteiger partial charge >= 0.3 is 0 Å². The molecule has 0 bridgehead atoms. The van der Waals surface area contributed by atoms with Crippen LogP contribution in [0.1, 0.15) is 36.4 Å². The minimum absolute atomic E-state index is 0.0406.